The maximum atomic E-state index is 12.9. The molecule has 6 heteroatoms. The fourth-order valence-corrected chi connectivity index (χ4v) is 3.84. The zero-order valence-corrected chi connectivity index (χ0v) is 15.3. The van der Waals surface area contributed by atoms with Gasteiger partial charge in [-0.3, -0.25) is 4.79 Å². The average molecular weight is 352 g/mol. The third-order valence-electron chi connectivity index (χ3n) is 5.08. The highest BCUT2D eigenvalue weighted by atomic mass is 16.5. The van der Waals surface area contributed by atoms with Gasteiger partial charge in [0, 0.05) is 0 Å². The first-order valence-corrected chi connectivity index (χ1v) is 9.46. The van der Waals surface area contributed by atoms with Gasteiger partial charge in [-0.2, -0.15) is 5.10 Å². The largest absolute Gasteiger partial charge is 0.493 e. The summed E-state index contributed by atoms with van der Waals surface area (Å²) in [7, 11) is 0. The maximum Gasteiger partial charge on any atom is 0.262 e. The van der Waals surface area contributed by atoms with E-state index in [1.54, 1.807) is 0 Å². The molecular formula is C20H24N4O2. The molecule has 4 rings (SSSR count). The monoisotopic (exact) mass is 352 g/mol. The smallest absolute Gasteiger partial charge is 0.262 e. The predicted molar refractivity (Wildman–Crippen MR) is 102 cm³/mol. The Labute approximate surface area is 152 Å². The van der Waals surface area contributed by atoms with E-state index >= 15 is 0 Å². The van der Waals surface area contributed by atoms with Gasteiger partial charge < -0.3 is 9.72 Å². The van der Waals surface area contributed by atoms with Gasteiger partial charge in [-0.15, -0.1) is 0 Å². The van der Waals surface area contributed by atoms with Crippen LogP contribution in [-0.2, 0) is 6.42 Å². The fraction of sp³-hybridized carbons (Fsp3) is 0.450. The second-order valence-electron chi connectivity index (χ2n) is 6.73. The first-order valence-electron chi connectivity index (χ1n) is 9.46. The topological polar surface area (TPSA) is 72.8 Å². The lowest BCUT2D eigenvalue weighted by Crippen LogP contribution is -2.13. The number of aromatic amines is 1. The molecule has 2 aromatic heterocycles. The molecule has 1 saturated carbocycles. The molecule has 3 aromatic rings. The van der Waals surface area contributed by atoms with Crippen molar-refractivity contribution in [2.24, 2.45) is 0 Å². The number of rotatable bonds is 5. The van der Waals surface area contributed by atoms with Crippen molar-refractivity contribution in [1.82, 2.24) is 19.7 Å². The summed E-state index contributed by atoms with van der Waals surface area (Å²) >= 11 is 0. The molecular weight excluding hydrogens is 328 g/mol. The molecule has 0 radical (unpaired) electrons. The van der Waals surface area contributed by atoms with Crippen molar-refractivity contribution < 1.29 is 4.74 Å². The highest BCUT2D eigenvalue weighted by Crippen LogP contribution is 2.33. The quantitative estimate of drug-likeness (QED) is 0.757. The van der Waals surface area contributed by atoms with Crippen LogP contribution in [0.15, 0.2) is 29.1 Å². The van der Waals surface area contributed by atoms with Gasteiger partial charge in [-0.05, 0) is 38.3 Å². The molecule has 26 heavy (non-hydrogen) atoms. The van der Waals surface area contributed by atoms with Gasteiger partial charge in [0.2, 0.25) is 0 Å². The number of nitrogens with zero attached hydrogens (tertiary/aromatic N) is 3. The van der Waals surface area contributed by atoms with Crippen LogP contribution in [0.5, 0.6) is 5.75 Å². The number of para-hydroxylation sites is 1. The van der Waals surface area contributed by atoms with E-state index in [0.29, 0.717) is 29.5 Å². The Morgan fingerprint density at radius 3 is 2.73 bits per heavy atom. The molecule has 1 aromatic carbocycles. The van der Waals surface area contributed by atoms with E-state index < -0.39 is 0 Å². The number of benzene rings is 1. The predicted octanol–water partition coefficient (Wildman–Crippen LogP) is 3.86. The molecule has 1 fully saturated rings. The van der Waals surface area contributed by atoms with Gasteiger partial charge in [0.15, 0.2) is 5.65 Å². The normalized spacial score (nSPS) is 15.0. The fourth-order valence-electron chi connectivity index (χ4n) is 3.84. The Morgan fingerprint density at radius 1 is 1.23 bits per heavy atom. The Morgan fingerprint density at radius 2 is 2.00 bits per heavy atom. The molecule has 0 aliphatic heterocycles. The van der Waals surface area contributed by atoms with Crippen molar-refractivity contribution in [2.45, 2.75) is 52.0 Å². The molecule has 2 heterocycles. The number of nitrogens with one attached hydrogen (secondary N) is 1. The molecule has 1 aliphatic carbocycles. The van der Waals surface area contributed by atoms with E-state index in [1.165, 1.54) is 12.8 Å². The molecule has 0 bridgehead atoms. The summed E-state index contributed by atoms with van der Waals surface area (Å²) in [5, 5.41) is 5.37. The van der Waals surface area contributed by atoms with Crippen molar-refractivity contribution in [3.8, 4) is 17.1 Å². The first-order chi connectivity index (χ1) is 12.7. The highest BCUT2D eigenvalue weighted by Gasteiger charge is 2.24. The number of hydrogen-bond donors (Lipinski definition) is 1. The SMILES string of the molecule is CCOc1ccccc1-c1nc2c(c(CC)nn2C2CCCC2)c(=O)[nH]1. The number of hydrogen-bond acceptors (Lipinski definition) is 4. The number of aryl methyl sites for hydroxylation is 1. The van der Waals surface area contributed by atoms with Crippen molar-refractivity contribution in [1.29, 1.82) is 0 Å². The van der Waals surface area contributed by atoms with Crippen LogP contribution < -0.4 is 10.3 Å². The van der Waals surface area contributed by atoms with Gasteiger partial charge >= 0.3 is 0 Å². The van der Waals surface area contributed by atoms with Crippen LogP contribution in [0.1, 0.15) is 51.3 Å². The van der Waals surface area contributed by atoms with E-state index in [0.717, 1.165) is 36.3 Å². The maximum absolute atomic E-state index is 12.9. The van der Waals surface area contributed by atoms with Gasteiger partial charge in [0.05, 0.1) is 23.9 Å². The van der Waals surface area contributed by atoms with Crippen molar-refractivity contribution >= 4 is 11.0 Å². The second-order valence-corrected chi connectivity index (χ2v) is 6.73. The molecule has 0 saturated heterocycles. The molecule has 0 amide bonds. The summed E-state index contributed by atoms with van der Waals surface area (Å²) in [6.07, 6.45) is 5.32. The average Bonchev–Trinajstić information content (AvgIpc) is 3.30. The van der Waals surface area contributed by atoms with Gasteiger partial charge in [0.1, 0.15) is 17.0 Å². The van der Waals surface area contributed by atoms with E-state index in [4.69, 9.17) is 14.8 Å². The molecule has 6 nitrogen and oxygen atoms in total. The molecule has 136 valence electrons. The Bertz CT molecular complexity index is 983. The second kappa shape index (κ2) is 6.94. The molecule has 1 aliphatic rings. The molecule has 0 atom stereocenters. The molecule has 1 N–H and O–H groups in total. The minimum absolute atomic E-state index is 0.127. The Balaban J connectivity index is 1.93. The summed E-state index contributed by atoms with van der Waals surface area (Å²) in [6, 6.07) is 8.00. The number of fused-ring (bicyclic) bond motifs is 1. The van der Waals surface area contributed by atoms with E-state index in [-0.39, 0.29) is 5.56 Å². The van der Waals surface area contributed by atoms with E-state index in [2.05, 4.69) is 4.98 Å². The summed E-state index contributed by atoms with van der Waals surface area (Å²) in [6.45, 7) is 4.53. The molecule has 0 spiro atoms. The summed E-state index contributed by atoms with van der Waals surface area (Å²) < 4.78 is 7.70. The van der Waals surface area contributed by atoms with Crippen LogP contribution in [0, 0.1) is 0 Å². The Hall–Kier alpha value is -2.63. The van der Waals surface area contributed by atoms with Gasteiger partial charge in [-0.1, -0.05) is 31.9 Å². The first kappa shape index (κ1) is 16.8. The van der Waals surface area contributed by atoms with Crippen LogP contribution in [0.4, 0.5) is 0 Å². The lowest BCUT2D eigenvalue weighted by Gasteiger charge is -2.12. The highest BCUT2D eigenvalue weighted by molar-refractivity contribution is 5.80. The zero-order chi connectivity index (χ0) is 18.1. The molecule has 0 unspecified atom stereocenters. The van der Waals surface area contributed by atoms with Crippen LogP contribution in [0.2, 0.25) is 0 Å². The summed E-state index contributed by atoms with van der Waals surface area (Å²) in [4.78, 5) is 20.6. The summed E-state index contributed by atoms with van der Waals surface area (Å²) in [5.74, 6) is 1.26. The third kappa shape index (κ3) is 2.79. The van der Waals surface area contributed by atoms with Gasteiger partial charge in [-0.25, -0.2) is 9.67 Å². The van der Waals surface area contributed by atoms with Crippen molar-refractivity contribution in [3.63, 3.8) is 0 Å². The zero-order valence-electron chi connectivity index (χ0n) is 15.3. The van der Waals surface area contributed by atoms with Crippen LogP contribution in [0.25, 0.3) is 22.4 Å². The van der Waals surface area contributed by atoms with Crippen LogP contribution in [0.3, 0.4) is 0 Å². The van der Waals surface area contributed by atoms with E-state index in [9.17, 15) is 4.79 Å². The standard InChI is InChI=1S/C20H24N4O2/c1-3-15-17-19(24(23-15)13-9-5-6-10-13)21-18(22-20(17)25)14-11-7-8-12-16(14)26-4-2/h7-8,11-13H,3-6,9-10H2,1-2H3,(H,21,22,25). The Kier molecular flexibility index (Phi) is 4.49. The lowest BCUT2D eigenvalue weighted by molar-refractivity contribution is 0.341. The number of H-pyrrole nitrogens is 1. The van der Waals surface area contributed by atoms with Crippen molar-refractivity contribution in [2.75, 3.05) is 6.61 Å². The van der Waals surface area contributed by atoms with Crippen molar-refractivity contribution in [3.05, 3.63) is 40.3 Å². The minimum atomic E-state index is -0.127. The van der Waals surface area contributed by atoms with Crippen LogP contribution >= 0.6 is 0 Å². The minimum Gasteiger partial charge on any atom is -0.493 e. The number of aromatic nitrogens is 4. The number of ether oxygens (including phenoxy) is 1. The van der Waals surface area contributed by atoms with Gasteiger partial charge in [0.25, 0.3) is 5.56 Å². The van der Waals surface area contributed by atoms with Crippen LogP contribution in [-0.4, -0.2) is 26.4 Å². The van der Waals surface area contributed by atoms with E-state index in [1.807, 2.05) is 42.8 Å². The summed E-state index contributed by atoms with van der Waals surface area (Å²) in [5.41, 5.74) is 2.19. The lowest BCUT2D eigenvalue weighted by atomic mass is 10.1. The third-order valence-corrected chi connectivity index (χ3v) is 5.08.